The number of nitrogens with zero attached hydrogens (tertiary/aromatic N) is 1. The molecule has 0 amide bonds. The molecule has 0 atom stereocenters. The molecule has 1 aliphatic carbocycles. The quantitative estimate of drug-likeness (QED) is 0.689. The average molecular weight is 298 g/mol. The summed E-state index contributed by atoms with van der Waals surface area (Å²) in [7, 11) is 1.53. The Morgan fingerprint density at radius 3 is 2.71 bits per heavy atom. The third-order valence-corrected chi connectivity index (χ3v) is 3.83. The highest BCUT2D eigenvalue weighted by Crippen LogP contribution is 2.49. The van der Waals surface area contributed by atoms with Gasteiger partial charge in [-0.15, -0.1) is 0 Å². The molecule has 0 heterocycles. The van der Waals surface area contributed by atoms with Crippen LogP contribution in [0.2, 0.25) is 0 Å². The monoisotopic (exact) mass is 297 g/mol. The Bertz CT molecular complexity index is 491. The van der Waals surface area contributed by atoms with Gasteiger partial charge in [-0.05, 0) is 41.3 Å². The Hall–Kier alpha value is -1.32. The van der Waals surface area contributed by atoms with Gasteiger partial charge in [-0.1, -0.05) is 0 Å². The summed E-state index contributed by atoms with van der Waals surface area (Å²) in [5, 5.41) is 9.98. The molecular weight excluding hydrogens is 286 g/mol. The highest BCUT2D eigenvalue weighted by Gasteiger charge is 2.41. The minimum absolute atomic E-state index is 0.101. The van der Waals surface area contributed by atoms with Crippen LogP contribution in [0.3, 0.4) is 0 Å². The fraction of sp³-hybridized carbons (Fsp3) is 0.417. The van der Waals surface area contributed by atoms with Crippen LogP contribution in [0.25, 0.3) is 0 Å². The summed E-state index contributed by atoms with van der Waals surface area (Å²) in [6.45, 7) is 0. The molecule has 1 aromatic rings. The fourth-order valence-corrected chi connectivity index (χ4v) is 2.62. The van der Waals surface area contributed by atoms with E-state index in [0.29, 0.717) is 11.3 Å². The van der Waals surface area contributed by atoms with Crippen molar-refractivity contribution < 1.29 is 14.6 Å². The van der Waals surface area contributed by atoms with Gasteiger partial charge in [0.05, 0.1) is 11.6 Å². The molecule has 0 aliphatic heterocycles. The van der Waals surface area contributed by atoms with Gasteiger partial charge in [-0.25, -0.2) is 4.79 Å². The second-order valence-corrected chi connectivity index (χ2v) is 4.95. The van der Waals surface area contributed by atoms with Crippen LogP contribution in [0.4, 0.5) is 0 Å². The van der Waals surface area contributed by atoms with Gasteiger partial charge in [-0.3, -0.25) is 0 Å². The summed E-state index contributed by atoms with van der Waals surface area (Å²) >= 11 is 3.36. The molecule has 17 heavy (non-hydrogen) atoms. The van der Waals surface area contributed by atoms with Crippen molar-refractivity contribution >= 4 is 22.0 Å². The molecule has 1 aliphatic rings. The molecule has 5 heteroatoms. The first-order valence-electron chi connectivity index (χ1n) is 5.29. The first kappa shape index (κ1) is 12.1. The van der Waals surface area contributed by atoms with Crippen molar-refractivity contribution in [2.75, 3.05) is 7.11 Å². The van der Waals surface area contributed by atoms with E-state index in [9.17, 15) is 9.90 Å². The Kier molecular flexibility index (Phi) is 3.22. The number of aliphatic imine (C=N–C) groups is 1. The number of hydrogen-bond donors (Lipinski definition) is 1. The fourth-order valence-electron chi connectivity index (χ4n) is 2.11. The lowest BCUT2D eigenvalue weighted by Crippen LogP contribution is -2.32. The van der Waals surface area contributed by atoms with Crippen LogP contribution in [0.5, 0.6) is 11.5 Å². The summed E-state index contributed by atoms with van der Waals surface area (Å²) in [5.74, 6) is 0.652. The predicted molar refractivity (Wildman–Crippen MR) is 66.0 cm³/mol. The lowest BCUT2D eigenvalue weighted by atomic mass is 9.72. The largest absolute Gasteiger partial charge is 0.507 e. The van der Waals surface area contributed by atoms with Crippen molar-refractivity contribution in [3.63, 3.8) is 0 Å². The van der Waals surface area contributed by atoms with Gasteiger partial charge in [0.25, 0.3) is 0 Å². The van der Waals surface area contributed by atoms with Crippen LogP contribution in [-0.4, -0.2) is 18.3 Å². The SMILES string of the molecule is COc1cc(O)c(C2(N=C=O)CCC2)cc1Br. The maximum absolute atomic E-state index is 10.5. The maximum Gasteiger partial charge on any atom is 0.235 e. The number of phenols is 1. The number of ether oxygens (including phenoxy) is 1. The highest BCUT2D eigenvalue weighted by molar-refractivity contribution is 9.10. The van der Waals surface area contributed by atoms with E-state index in [1.165, 1.54) is 13.2 Å². The molecule has 2 rings (SSSR count). The van der Waals surface area contributed by atoms with Crippen molar-refractivity contribution in [2.45, 2.75) is 24.8 Å². The van der Waals surface area contributed by atoms with Crippen molar-refractivity contribution in [3.8, 4) is 11.5 Å². The van der Waals surface area contributed by atoms with Crippen LogP contribution >= 0.6 is 15.9 Å². The first-order valence-corrected chi connectivity index (χ1v) is 6.08. The van der Waals surface area contributed by atoms with Gasteiger partial charge < -0.3 is 9.84 Å². The zero-order chi connectivity index (χ0) is 12.5. The summed E-state index contributed by atoms with van der Waals surface area (Å²) in [5.41, 5.74) is 0.0560. The highest BCUT2D eigenvalue weighted by atomic mass is 79.9. The predicted octanol–water partition coefficient (Wildman–Crippen LogP) is 2.88. The maximum atomic E-state index is 10.5. The Morgan fingerprint density at radius 1 is 1.53 bits per heavy atom. The van der Waals surface area contributed by atoms with Gasteiger partial charge in [0.2, 0.25) is 6.08 Å². The number of benzene rings is 1. The molecule has 0 aromatic heterocycles. The molecule has 90 valence electrons. The summed E-state index contributed by atoms with van der Waals surface area (Å²) in [4.78, 5) is 14.4. The second-order valence-electron chi connectivity index (χ2n) is 4.09. The minimum Gasteiger partial charge on any atom is -0.507 e. The van der Waals surface area contributed by atoms with E-state index in [4.69, 9.17) is 4.74 Å². The topological polar surface area (TPSA) is 58.9 Å². The summed E-state index contributed by atoms with van der Waals surface area (Å²) in [6, 6.07) is 3.29. The van der Waals surface area contributed by atoms with E-state index in [1.54, 1.807) is 12.1 Å². The number of aromatic hydroxyl groups is 1. The van der Waals surface area contributed by atoms with Crippen LogP contribution in [0.1, 0.15) is 24.8 Å². The number of hydrogen-bond acceptors (Lipinski definition) is 4. The Balaban J connectivity index is 2.52. The first-order chi connectivity index (χ1) is 8.13. The molecule has 4 nitrogen and oxygen atoms in total. The summed E-state index contributed by atoms with van der Waals surface area (Å²) < 4.78 is 5.83. The summed E-state index contributed by atoms with van der Waals surface area (Å²) in [6.07, 6.45) is 4.11. The van der Waals surface area contributed by atoms with Crippen LogP contribution in [0.15, 0.2) is 21.6 Å². The number of rotatable bonds is 3. The van der Waals surface area contributed by atoms with Gasteiger partial charge in [0.15, 0.2) is 0 Å². The standard InChI is InChI=1S/C12H12BrNO3/c1-17-11-6-10(16)8(5-9(11)13)12(14-7-15)3-2-4-12/h5-6,16H,2-4H2,1H3. The van der Waals surface area contributed by atoms with E-state index in [1.807, 2.05) is 0 Å². The lowest BCUT2D eigenvalue weighted by Gasteiger charge is -2.37. The van der Waals surface area contributed by atoms with E-state index < -0.39 is 5.54 Å². The van der Waals surface area contributed by atoms with Crippen molar-refractivity contribution in [3.05, 3.63) is 22.2 Å². The van der Waals surface area contributed by atoms with Crippen LogP contribution < -0.4 is 4.74 Å². The van der Waals surface area contributed by atoms with Gasteiger partial charge >= 0.3 is 0 Å². The minimum atomic E-state index is -0.597. The molecule has 0 saturated heterocycles. The molecule has 1 aromatic carbocycles. The molecule has 1 N–H and O–H groups in total. The zero-order valence-corrected chi connectivity index (χ0v) is 11.0. The van der Waals surface area contributed by atoms with E-state index in [2.05, 4.69) is 20.9 Å². The van der Waals surface area contributed by atoms with E-state index in [0.717, 1.165) is 23.7 Å². The van der Waals surface area contributed by atoms with Crippen molar-refractivity contribution in [2.24, 2.45) is 4.99 Å². The molecule has 0 spiro atoms. The van der Waals surface area contributed by atoms with Gasteiger partial charge in [0.1, 0.15) is 17.0 Å². The van der Waals surface area contributed by atoms with Crippen molar-refractivity contribution in [1.29, 1.82) is 0 Å². The van der Waals surface area contributed by atoms with E-state index in [-0.39, 0.29) is 5.75 Å². The smallest absolute Gasteiger partial charge is 0.235 e. The third-order valence-electron chi connectivity index (χ3n) is 3.21. The van der Waals surface area contributed by atoms with Crippen LogP contribution in [0, 0.1) is 0 Å². The Morgan fingerprint density at radius 2 is 2.24 bits per heavy atom. The third kappa shape index (κ3) is 1.96. The number of methoxy groups -OCH3 is 1. The van der Waals surface area contributed by atoms with E-state index >= 15 is 0 Å². The molecule has 0 unspecified atom stereocenters. The van der Waals surface area contributed by atoms with Crippen molar-refractivity contribution in [1.82, 2.24) is 0 Å². The molecule has 1 saturated carbocycles. The van der Waals surface area contributed by atoms with Crippen LogP contribution in [-0.2, 0) is 10.3 Å². The zero-order valence-electron chi connectivity index (χ0n) is 9.36. The number of phenolic OH excluding ortho intramolecular Hbond substituents is 1. The van der Waals surface area contributed by atoms with Gasteiger partial charge in [-0.2, -0.15) is 4.99 Å². The molecule has 0 radical (unpaired) electrons. The molecular formula is C12H12BrNO3. The normalized spacial score (nSPS) is 16.8. The number of isocyanates is 1. The Labute approximate surface area is 107 Å². The lowest BCUT2D eigenvalue weighted by molar-refractivity contribution is 0.247. The average Bonchev–Trinajstić information content (AvgIpc) is 2.26. The second kappa shape index (κ2) is 4.51. The van der Waals surface area contributed by atoms with Gasteiger partial charge in [0, 0.05) is 11.6 Å². The number of halogens is 1. The number of carbonyl (C=O) groups excluding carboxylic acids is 1. The molecule has 0 bridgehead atoms. The molecule has 1 fully saturated rings.